The number of anilines is 1. The molecule has 28 heavy (non-hydrogen) atoms. The first-order chi connectivity index (χ1) is 12.8. The Bertz CT molecular complexity index is 1010. The maximum atomic E-state index is 13.6. The van der Waals surface area contributed by atoms with E-state index in [0.29, 0.717) is 23.2 Å². The standard InChI is InChI=1S/C19H18ClF2N3OS.ClH/c1-11-8-13(20)10-16-17(11)23-19(27-16)25(7-6-24(2)3)18(26)12-4-5-14(21)15(22)9-12;/h4-5,8-10H,6-7H2,1-3H3;1H. The average molecular weight is 446 g/mol. The second-order valence-corrected chi connectivity index (χ2v) is 7.90. The van der Waals surface area contributed by atoms with Crippen molar-refractivity contribution >= 4 is 56.6 Å². The molecule has 9 heteroatoms. The highest BCUT2D eigenvalue weighted by Gasteiger charge is 2.23. The van der Waals surface area contributed by atoms with E-state index in [0.717, 1.165) is 27.9 Å². The number of halogens is 4. The number of carbonyl (C=O) groups is 1. The lowest BCUT2D eigenvalue weighted by atomic mass is 10.2. The number of nitrogens with zero attached hydrogens (tertiary/aromatic N) is 3. The predicted molar refractivity (Wildman–Crippen MR) is 113 cm³/mol. The highest BCUT2D eigenvalue weighted by Crippen LogP contribution is 2.33. The van der Waals surface area contributed by atoms with Crippen LogP contribution in [0.5, 0.6) is 0 Å². The third kappa shape index (κ3) is 4.78. The van der Waals surface area contributed by atoms with E-state index in [1.165, 1.54) is 22.3 Å². The highest BCUT2D eigenvalue weighted by atomic mass is 35.5. The van der Waals surface area contributed by atoms with E-state index in [1.807, 2.05) is 32.0 Å². The molecule has 0 saturated heterocycles. The van der Waals surface area contributed by atoms with E-state index < -0.39 is 17.5 Å². The summed E-state index contributed by atoms with van der Waals surface area (Å²) in [7, 11) is 3.78. The van der Waals surface area contributed by atoms with Gasteiger partial charge in [-0.2, -0.15) is 0 Å². The highest BCUT2D eigenvalue weighted by molar-refractivity contribution is 7.22. The van der Waals surface area contributed by atoms with Gasteiger partial charge in [0, 0.05) is 23.7 Å². The average Bonchev–Trinajstić information content (AvgIpc) is 3.01. The van der Waals surface area contributed by atoms with Crippen LogP contribution in [-0.4, -0.2) is 43.0 Å². The lowest BCUT2D eigenvalue weighted by Crippen LogP contribution is -2.36. The van der Waals surface area contributed by atoms with Crippen molar-refractivity contribution in [3.8, 4) is 0 Å². The van der Waals surface area contributed by atoms with Gasteiger partial charge in [0.1, 0.15) is 0 Å². The Balaban J connectivity index is 0.00000280. The van der Waals surface area contributed by atoms with Crippen LogP contribution in [0, 0.1) is 18.6 Å². The van der Waals surface area contributed by atoms with Gasteiger partial charge >= 0.3 is 0 Å². The number of amides is 1. The largest absolute Gasteiger partial charge is 0.308 e. The summed E-state index contributed by atoms with van der Waals surface area (Å²) in [6, 6.07) is 6.76. The molecular weight excluding hydrogens is 427 g/mol. The Morgan fingerprint density at radius 2 is 1.86 bits per heavy atom. The van der Waals surface area contributed by atoms with Gasteiger partial charge in [-0.3, -0.25) is 9.69 Å². The third-order valence-corrected chi connectivity index (χ3v) is 5.30. The minimum absolute atomic E-state index is 0. The molecule has 0 aliphatic heterocycles. The summed E-state index contributed by atoms with van der Waals surface area (Å²) in [6.45, 7) is 2.85. The first kappa shape index (κ1) is 22.5. The SMILES string of the molecule is Cc1cc(Cl)cc2sc(N(CCN(C)C)C(=O)c3ccc(F)c(F)c3)nc12.Cl. The molecule has 3 aromatic rings. The summed E-state index contributed by atoms with van der Waals surface area (Å²) in [4.78, 5) is 21.0. The number of benzene rings is 2. The number of hydrogen-bond acceptors (Lipinski definition) is 4. The topological polar surface area (TPSA) is 36.4 Å². The molecule has 0 unspecified atom stereocenters. The summed E-state index contributed by atoms with van der Waals surface area (Å²) in [5.74, 6) is -2.48. The zero-order chi connectivity index (χ0) is 19.7. The molecule has 0 N–H and O–H groups in total. The summed E-state index contributed by atoms with van der Waals surface area (Å²) in [5.41, 5.74) is 1.75. The molecule has 0 atom stereocenters. The monoisotopic (exact) mass is 445 g/mol. The number of hydrogen-bond donors (Lipinski definition) is 0. The number of thiazole rings is 1. The molecule has 1 amide bonds. The van der Waals surface area contributed by atoms with Gasteiger partial charge in [-0.25, -0.2) is 13.8 Å². The zero-order valence-electron chi connectivity index (χ0n) is 15.5. The normalized spacial score (nSPS) is 11.0. The van der Waals surface area contributed by atoms with Gasteiger partial charge in [-0.1, -0.05) is 22.9 Å². The first-order valence-electron chi connectivity index (χ1n) is 8.24. The van der Waals surface area contributed by atoms with Crippen molar-refractivity contribution in [3.05, 3.63) is 58.1 Å². The fourth-order valence-corrected chi connectivity index (χ4v) is 4.07. The number of aromatic nitrogens is 1. The molecule has 0 spiro atoms. The van der Waals surface area contributed by atoms with Crippen LogP contribution >= 0.6 is 35.3 Å². The molecule has 0 bridgehead atoms. The Morgan fingerprint density at radius 1 is 1.14 bits per heavy atom. The van der Waals surface area contributed by atoms with E-state index in [-0.39, 0.29) is 18.0 Å². The van der Waals surface area contributed by atoms with Gasteiger partial charge in [-0.05, 0) is 56.9 Å². The van der Waals surface area contributed by atoms with Gasteiger partial charge < -0.3 is 4.90 Å². The van der Waals surface area contributed by atoms with Crippen LogP contribution < -0.4 is 4.90 Å². The number of carbonyl (C=O) groups excluding carboxylic acids is 1. The summed E-state index contributed by atoms with van der Waals surface area (Å²) in [5, 5.41) is 1.09. The van der Waals surface area contributed by atoms with Crippen molar-refractivity contribution in [1.29, 1.82) is 0 Å². The van der Waals surface area contributed by atoms with E-state index in [2.05, 4.69) is 4.98 Å². The molecule has 0 radical (unpaired) electrons. The fourth-order valence-electron chi connectivity index (χ4n) is 2.63. The van der Waals surface area contributed by atoms with Crippen LogP contribution in [0.1, 0.15) is 15.9 Å². The number of likely N-dealkylation sites (N-methyl/N-ethyl adjacent to an activating group) is 1. The smallest absolute Gasteiger partial charge is 0.260 e. The summed E-state index contributed by atoms with van der Waals surface area (Å²) >= 11 is 7.46. The van der Waals surface area contributed by atoms with Crippen LogP contribution in [0.15, 0.2) is 30.3 Å². The first-order valence-corrected chi connectivity index (χ1v) is 9.44. The van der Waals surface area contributed by atoms with E-state index >= 15 is 0 Å². The molecular formula is C19H19Cl2F2N3OS. The molecule has 0 aliphatic rings. The summed E-state index contributed by atoms with van der Waals surface area (Å²) < 4.78 is 27.7. The second-order valence-electron chi connectivity index (χ2n) is 6.45. The van der Waals surface area contributed by atoms with Crippen molar-refractivity contribution in [2.75, 3.05) is 32.1 Å². The van der Waals surface area contributed by atoms with Gasteiger partial charge in [0.05, 0.1) is 10.2 Å². The zero-order valence-corrected chi connectivity index (χ0v) is 17.9. The molecule has 0 aliphatic carbocycles. The van der Waals surface area contributed by atoms with Crippen LogP contribution in [0.4, 0.5) is 13.9 Å². The Kier molecular flexibility index (Phi) is 7.33. The van der Waals surface area contributed by atoms with Crippen LogP contribution in [0.25, 0.3) is 10.2 Å². The van der Waals surface area contributed by atoms with Gasteiger partial charge in [-0.15, -0.1) is 12.4 Å². The lowest BCUT2D eigenvalue weighted by molar-refractivity contribution is 0.0984. The molecule has 150 valence electrons. The Morgan fingerprint density at radius 3 is 2.50 bits per heavy atom. The minimum Gasteiger partial charge on any atom is -0.308 e. The van der Waals surface area contributed by atoms with Crippen molar-refractivity contribution < 1.29 is 13.6 Å². The van der Waals surface area contributed by atoms with Crippen LogP contribution in [-0.2, 0) is 0 Å². The molecule has 0 fully saturated rings. The molecule has 1 aromatic heterocycles. The maximum Gasteiger partial charge on any atom is 0.260 e. The number of aryl methyl sites for hydroxylation is 1. The molecule has 2 aromatic carbocycles. The summed E-state index contributed by atoms with van der Waals surface area (Å²) in [6.07, 6.45) is 0. The number of fused-ring (bicyclic) bond motifs is 1. The van der Waals surface area contributed by atoms with E-state index in [4.69, 9.17) is 11.6 Å². The maximum absolute atomic E-state index is 13.6. The van der Waals surface area contributed by atoms with Gasteiger partial charge in [0.2, 0.25) is 0 Å². The number of rotatable bonds is 5. The Hall–Kier alpha value is -1.80. The molecule has 1 heterocycles. The molecule has 0 saturated carbocycles. The quantitative estimate of drug-likeness (QED) is 0.543. The minimum atomic E-state index is -1.06. The third-order valence-electron chi connectivity index (χ3n) is 4.05. The molecule has 4 nitrogen and oxygen atoms in total. The van der Waals surface area contributed by atoms with E-state index in [1.54, 1.807) is 6.07 Å². The molecule has 3 rings (SSSR count). The van der Waals surface area contributed by atoms with Crippen molar-refractivity contribution in [1.82, 2.24) is 9.88 Å². The van der Waals surface area contributed by atoms with Gasteiger partial charge in [0.25, 0.3) is 5.91 Å². The predicted octanol–water partition coefficient (Wildman–Crippen LogP) is 5.17. The van der Waals surface area contributed by atoms with Crippen molar-refractivity contribution in [2.45, 2.75) is 6.92 Å². The Labute approximate surface area is 177 Å². The lowest BCUT2D eigenvalue weighted by Gasteiger charge is -2.22. The van der Waals surface area contributed by atoms with Crippen LogP contribution in [0.2, 0.25) is 5.02 Å². The second kappa shape index (κ2) is 9.13. The van der Waals surface area contributed by atoms with Gasteiger partial charge in [0.15, 0.2) is 16.8 Å². The fraction of sp³-hybridized carbons (Fsp3) is 0.263. The van der Waals surface area contributed by atoms with Crippen molar-refractivity contribution in [2.24, 2.45) is 0 Å². The van der Waals surface area contributed by atoms with Crippen molar-refractivity contribution in [3.63, 3.8) is 0 Å². The van der Waals surface area contributed by atoms with E-state index in [9.17, 15) is 13.6 Å². The van der Waals surface area contributed by atoms with Crippen LogP contribution in [0.3, 0.4) is 0 Å².